The monoisotopic (exact) mass is 330 g/mol. The number of hydrogen-bond acceptors (Lipinski definition) is 2. The van der Waals surface area contributed by atoms with Crippen LogP contribution in [0, 0.1) is 12.8 Å². The number of primary amides is 1. The lowest BCUT2D eigenvalue weighted by Gasteiger charge is -2.20. The molecule has 1 heterocycles. The summed E-state index contributed by atoms with van der Waals surface area (Å²) < 4.78 is 0.742. The molecule has 0 aromatic heterocycles. The van der Waals surface area contributed by atoms with Crippen LogP contribution >= 0.6 is 27.5 Å². The number of benzene rings is 1. The van der Waals surface area contributed by atoms with Gasteiger partial charge < -0.3 is 10.6 Å². The van der Waals surface area contributed by atoms with Gasteiger partial charge in [-0.1, -0.05) is 11.6 Å². The van der Waals surface area contributed by atoms with Gasteiger partial charge in [0, 0.05) is 17.4 Å². The van der Waals surface area contributed by atoms with Gasteiger partial charge in [-0.3, -0.25) is 9.59 Å². The highest BCUT2D eigenvalue weighted by Gasteiger charge is 2.35. The van der Waals surface area contributed by atoms with Crippen LogP contribution in [0.5, 0.6) is 0 Å². The van der Waals surface area contributed by atoms with Crippen molar-refractivity contribution < 1.29 is 9.59 Å². The number of amides is 2. The first-order chi connectivity index (χ1) is 8.40. The van der Waals surface area contributed by atoms with Crippen LogP contribution < -0.4 is 10.6 Å². The fourth-order valence-electron chi connectivity index (χ4n) is 2.06. The highest BCUT2D eigenvalue weighted by Crippen LogP contribution is 2.38. The highest BCUT2D eigenvalue weighted by molar-refractivity contribution is 9.10. The molecule has 0 spiro atoms. The first kappa shape index (κ1) is 13.4. The summed E-state index contributed by atoms with van der Waals surface area (Å²) in [4.78, 5) is 24.6. The van der Waals surface area contributed by atoms with E-state index in [-0.39, 0.29) is 18.9 Å². The lowest BCUT2D eigenvalue weighted by molar-refractivity contribution is -0.123. The smallest absolute Gasteiger partial charge is 0.227 e. The van der Waals surface area contributed by atoms with Crippen LogP contribution in [-0.4, -0.2) is 18.4 Å². The largest absolute Gasteiger partial charge is 0.369 e. The van der Waals surface area contributed by atoms with Crippen molar-refractivity contribution in [2.75, 3.05) is 11.4 Å². The Morgan fingerprint density at radius 2 is 2.22 bits per heavy atom. The molecule has 1 fully saturated rings. The van der Waals surface area contributed by atoms with E-state index in [1.165, 1.54) is 4.90 Å². The maximum Gasteiger partial charge on any atom is 0.227 e. The van der Waals surface area contributed by atoms with Gasteiger partial charge in [-0.15, -0.1) is 0 Å². The molecule has 1 aliphatic heterocycles. The van der Waals surface area contributed by atoms with E-state index in [1.54, 1.807) is 6.07 Å². The van der Waals surface area contributed by atoms with E-state index in [0.717, 1.165) is 10.0 Å². The molecule has 2 amide bonds. The van der Waals surface area contributed by atoms with Crippen LogP contribution in [0.3, 0.4) is 0 Å². The Labute approximate surface area is 118 Å². The van der Waals surface area contributed by atoms with Crippen LogP contribution in [0.25, 0.3) is 0 Å². The van der Waals surface area contributed by atoms with Gasteiger partial charge in [-0.05, 0) is 40.5 Å². The first-order valence-electron chi connectivity index (χ1n) is 5.45. The molecule has 2 N–H and O–H groups in total. The molecule has 2 rings (SSSR count). The van der Waals surface area contributed by atoms with E-state index < -0.39 is 11.8 Å². The minimum absolute atomic E-state index is 0.134. The SMILES string of the molecule is Cc1cc(Cl)c(N2CC(C(N)=O)CC2=O)c(Br)c1. The van der Waals surface area contributed by atoms with Crippen molar-refractivity contribution in [3.63, 3.8) is 0 Å². The fraction of sp³-hybridized carbons (Fsp3) is 0.333. The number of anilines is 1. The summed E-state index contributed by atoms with van der Waals surface area (Å²) in [7, 11) is 0. The topological polar surface area (TPSA) is 63.4 Å². The summed E-state index contributed by atoms with van der Waals surface area (Å²) in [6.07, 6.45) is 0.145. The van der Waals surface area contributed by atoms with Crippen LogP contribution in [-0.2, 0) is 9.59 Å². The van der Waals surface area contributed by atoms with Gasteiger partial charge in [-0.2, -0.15) is 0 Å². The number of halogens is 2. The molecular weight excluding hydrogens is 320 g/mol. The zero-order valence-corrected chi connectivity index (χ0v) is 12.1. The second-order valence-electron chi connectivity index (χ2n) is 4.38. The summed E-state index contributed by atoms with van der Waals surface area (Å²) >= 11 is 9.57. The van der Waals surface area contributed by atoms with Crippen LogP contribution in [0.2, 0.25) is 5.02 Å². The molecule has 1 aromatic carbocycles. The Morgan fingerprint density at radius 3 is 2.72 bits per heavy atom. The quantitative estimate of drug-likeness (QED) is 0.903. The van der Waals surface area contributed by atoms with E-state index in [9.17, 15) is 9.59 Å². The van der Waals surface area contributed by atoms with Gasteiger partial charge in [0.05, 0.1) is 16.6 Å². The van der Waals surface area contributed by atoms with E-state index >= 15 is 0 Å². The number of nitrogens with two attached hydrogens (primary N) is 1. The lowest BCUT2D eigenvalue weighted by Crippen LogP contribution is -2.28. The number of aryl methyl sites for hydroxylation is 1. The number of carbonyl (C=O) groups is 2. The van der Waals surface area contributed by atoms with Gasteiger partial charge in [-0.25, -0.2) is 0 Å². The standard InChI is InChI=1S/C12H12BrClN2O2/c1-6-2-8(13)11(9(14)3-6)16-5-7(12(15)18)4-10(16)17/h2-3,7H,4-5H2,1H3,(H2,15,18). The van der Waals surface area contributed by atoms with Crippen LogP contribution in [0.1, 0.15) is 12.0 Å². The summed E-state index contributed by atoms with van der Waals surface area (Å²) in [5, 5.41) is 0.486. The van der Waals surface area contributed by atoms with Crippen molar-refractivity contribution >= 4 is 45.0 Å². The molecule has 0 aliphatic carbocycles. The number of carbonyl (C=O) groups excluding carboxylic acids is 2. The zero-order valence-electron chi connectivity index (χ0n) is 9.74. The summed E-state index contributed by atoms with van der Waals surface area (Å²) in [6, 6.07) is 3.67. The van der Waals surface area contributed by atoms with Crippen molar-refractivity contribution in [2.24, 2.45) is 11.7 Å². The van der Waals surface area contributed by atoms with Crippen molar-refractivity contribution in [1.82, 2.24) is 0 Å². The van der Waals surface area contributed by atoms with E-state index in [1.807, 2.05) is 13.0 Å². The van der Waals surface area contributed by atoms with E-state index in [4.69, 9.17) is 17.3 Å². The molecule has 0 bridgehead atoms. The third-order valence-electron chi connectivity index (χ3n) is 2.96. The molecule has 1 aliphatic rings. The lowest BCUT2D eigenvalue weighted by atomic mass is 10.1. The Kier molecular flexibility index (Phi) is 3.64. The van der Waals surface area contributed by atoms with Gasteiger partial charge in [0.25, 0.3) is 0 Å². The highest BCUT2D eigenvalue weighted by atomic mass is 79.9. The van der Waals surface area contributed by atoms with Gasteiger partial charge >= 0.3 is 0 Å². The number of nitrogens with zero attached hydrogens (tertiary/aromatic N) is 1. The van der Waals surface area contributed by atoms with E-state index in [0.29, 0.717) is 10.7 Å². The molecular formula is C12H12BrClN2O2. The Morgan fingerprint density at radius 1 is 1.56 bits per heavy atom. The molecule has 1 aromatic rings. The van der Waals surface area contributed by atoms with Crippen molar-refractivity contribution in [3.05, 3.63) is 27.2 Å². The number of rotatable bonds is 2. The first-order valence-corrected chi connectivity index (χ1v) is 6.62. The molecule has 18 heavy (non-hydrogen) atoms. The van der Waals surface area contributed by atoms with Crippen LogP contribution in [0.4, 0.5) is 5.69 Å². The molecule has 1 saturated heterocycles. The van der Waals surface area contributed by atoms with Crippen molar-refractivity contribution in [3.8, 4) is 0 Å². The molecule has 1 atom stereocenters. The Bertz CT molecular complexity index is 510. The van der Waals surface area contributed by atoms with Gasteiger partial charge in [0.1, 0.15) is 0 Å². The third kappa shape index (κ3) is 2.37. The fourth-order valence-corrected chi connectivity index (χ4v) is 3.34. The second-order valence-corrected chi connectivity index (χ2v) is 5.65. The average molecular weight is 332 g/mol. The van der Waals surface area contributed by atoms with Crippen molar-refractivity contribution in [1.29, 1.82) is 0 Å². The summed E-state index contributed by atoms with van der Waals surface area (Å²) in [5.74, 6) is -1.03. The minimum Gasteiger partial charge on any atom is -0.369 e. The maximum absolute atomic E-state index is 11.9. The Hall–Kier alpha value is -1.07. The minimum atomic E-state index is -0.454. The normalized spacial score (nSPS) is 19.4. The predicted octanol–water partition coefficient (Wildman–Crippen LogP) is 2.25. The molecule has 0 radical (unpaired) electrons. The molecule has 0 saturated carbocycles. The predicted molar refractivity (Wildman–Crippen MR) is 73.5 cm³/mol. The van der Waals surface area contributed by atoms with E-state index in [2.05, 4.69) is 15.9 Å². The molecule has 4 nitrogen and oxygen atoms in total. The summed E-state index contributed by atoms with van der Waals surface area (Å²) in [6.45, 7) is 2.20. The molecule has 96 valence electrons. The van der Waals surface area contributed by atoms with Crippen molar-refractivity contribution in [2.45, 2.75) is 13.3 Å². The maximum atomic E-state index is 11.9. The van der Waals surface area contributed by atoms with Gasteiger partial charge in [0.2, 0.25) is 11.8 Å². The molecule has 1 unspecified atom stereocenters. The second kappa shape index (κ2) is 4.90. The summed E-state index contributed by atoms with van der Waals surface area (Å²) in [5.41, 5.74) is 6.84. The van der Waals surface area contributed by atoms with Crippen LogP contribution in [0.15, 0.2) is 16.6 Å². The third-order valence-corrected chi connectivity index (χ3v) is 3.85. The Balaban J connectivity index is 2.39. The molecule has 6 heteroatoms. The zero-order chi connectivity index (χ0) is 13.4. The number of hydrogen-bond donors (Lipinski definition) is 1. The average Bonchev–Trinajstić information content (AvgIpc) is 2.59. The van der Waals surface area contributed by atoms with Gasteiger partial charge in [0.15, 0.2) is 0 Å².